The third-order valence-corrected chi connectivity index (χ3v) is 5.63. The Morgan fingerprint density at radius 1 is 1.04 bits per heavy atom. The van der Waals surface area contributed by atoms with Crippen LogP contribution in [0.4, 0.5) is 11.4 Å². The first-order valence-electron chi connectivity index (χ1n) is 8.93. The number of ether oxygens (including phenoxy) is 1. The lowest BCUT2D eigenvalue weighted by atomic mass is 10.2. The lowest BCUT2D eigenvalue weighted by molar-refractivity contribution is -0.116. The fourth-order valence-corrected chi connectivity index (χ4v) is 3.93. The predicted molar refractivity (Wildman–Crippen MR) is 108 cm³/mol. The number of carbonyl (C=O) groups excluding carboxylic acids is 1. The monoisotopic (exact) mass is 390 g/mol. The molecule has 27 heavy (non-hydrogen) atoms. The van der Waals surface area contributed by atoms with Crippen molar-refractivity contribution in [3.8, 4) is 5.75 Å². The summed E-state index contributed by atoms with van der Waals surface area (Å²) in [4.78, 5) is 12.1. The molecule has 0 bridgehead atoms. The molecule has 0 aliphatic rings. The standard InChI is InChI=1S/C20H26N2O4S/c1-4-5-6-7-20(23)21-17-9-8-15(2)19(14-17)27(24,25)22-16-10-12-18(26-3)13-11-16/h8-14,22H,4-7H2,1-3H3,(H,21,23). The van der Waals surface area contributed by atoms with Gasteiger partial charge in [-0.3, -0.25) is 9.52 Å². The number of amides is 1. The second kappa shape index (κ2) is 9.41. The zero-order valence-corrected chi connectivity index (χ0v) is 16.7. The zero-order chi connectivity index (χ0) is 19.9. The molecule has 7 heteroatoms. The molecule has 0 unspecified atom stereocenters. The quantitative estimate of drug-likeness (QED) is 0.625. The van der Waals surface area contributed by atoms with E-state index in [1.807, 2.05) is 0 Å². The van der Waals surface area contributed by atoms with Gasteiger partial charge in [0.15, 0.2) is 0 Å². The Balaban J connectivity index is 2.16. The maximum atomic E-state index is 12.8. The van der Waals surface area contributed by atoms with Crippen LogP contribution in [0.25, 0.3) is 0 Å². The minimum absolute atomic E-state index is 0.112. The average Bonchev–Trinajstić information content (AvgIpc) is 2.64. The molecule has 0 saturated carbocycles. The Morgan fingerprint density at radius 2 is 1.70 bits per heavy atom. The van der Waals surface area contributed by atoms with Gasteiger partial charge in [0, 0.05) is 17.8 Å². The first kappa shape index (κ1) is 20.8. The molecule has 0 radical (unpaired) electrons. The van der Waals surface area contributed by atoms with E-state index in [4.69, 9.17) is 4.74 Å². The van der Waals surface area contributed by atoms with Crippen LogP contribution >= 0.6 is 0 Å². The lowest BCUT2D eigenvalue weighted by Crippen LogP contribution is -2.16. The molecule has 2 rings (SSSR count). The molecule has 1 amide bonds. The highest BCUT2D eigenvalue weighted by Gasteiger charge is 2.18. The van der Waals surface area contributed by atoms with Gasteiger partial charge in [0.1, 0.15) is 5.75 Å². The lowest BCUT2D eigenvalue weighted by Gasteiger charge is -2.13. The minimum atomic E-state index is -3.78. The second-order valence-electron chi connectivity index (χ2n) is 6.32. The van der Waals surface area contributed by atoms with Gasteiger partial charge in [-0.15, -0.1) is 0 Å². The highest BCUT2D eigenvalue weighted by atomic mass is 32.2. The van der Waals surface area contributed by atoms with Crippen LogP contribution in [0.15, 0.2) is 47.4 Å². The summed E-state index contributed by atoms with van der Waals surface area (Å²) >= 11 is 0. The number of benzene rings is 2. The number of sulfonamides is 1. The molecule has 0 aliphatic carbocycles. The molecular formula is C20H26N2O4S. The highest BCUT2D eigenvalue weighted by Crippen LogP contribution is 2.24. The van der Waals surface area contributed by atoms with Gasteiger partial charge < -0.3 is 10.1 Å². The van der Waals surface area contributed by atoms with Crippen molar-refractivity contribution in [3.63, 3.8) is 0 Å². The van der Waals surface area contributed by atoms with E-state index in [0.717, 1.165) is 19.3 Å². The first-order valence-corrected chi connectivity index (χ1v) is 10.4. The molecule has 0 fully saturated rings. The summed E-state index contributed by atoms with van der Waals surface area (Å²) in [6.07, 6.45) is 3.27. The number of anilines is 2. The minimum Gasteiger partial charge on any atom is -0.497 e. The third kappa shape index (κ3) is 5.99. The smallest absolute Gasteiger partial charge is 0.262 e. The fraction of sp³-hybridized carbons (Fsp3) is 0.350. The summed E-state index contributed by atoms with van der Waals surface area (Å²) in [6.45, 7) is 3.79. The topological polar surface area (TPSA) is 84.5 Å². The molecule has 2 aromatic carbocycles. The molecule has 146 valence electrons. The van der Waals surface area contributed by atoms with Gasteiger partial charge in [-0.1, -0.05) is 25.8 Å². The number of hydrogen-bond acceptors (Lipinski definition) is 4. The van der Waals surface area contributed by atoms with Gasteiger partial charge in [0.2, 0.25) is 5.91 Å². The maximum Gasteiger partial charge on any atom is 0.262 e. The van der Waals surface area contributed by atoms with Crippen LogP contribution in [0, 0.1) is 6.92 Å². The first-order chi connectivity index (χ1) is 12.9. The van der Waals surface area contributed by atoms with Crippen LogP contribution in [0.3, 0.4) is 0 Å². The Hall–Kier alpha value is -2.54. The van der Waals surface area contributed by atoms with Gasteiger partial charge in [0.05, 0.1) is 12.0 Å². The van der Waals surface area contributed by atoms with Crippen molar-refractivity contribution >= 4 is 27.3 Å². The molecule has 0 aliphatic heterocycles. The SMILES string of the molecule is CCCCCC(=O)Nc1ccc(C)c(S(=O)(=O)Nc2ccc(OC)cc2)c1. The van der Waals surface area contributed by atoms with Gasteiger partial charge in [0.25, 0.3) is 10.0 Å². The van der Waals surface area contributed by atoms with E-state index in [1.54, 1.807) is 50.4 Å². The van der Waals surface area contributed by atoms with Crippen LogP contribution in [0.5, 0.6) is 5.75 Å². The Morgan fingerprint density at radius 3 is 2.33 bits per heavy atom. The van der Waals surface area contributed by atoms with E-state index in [9.17, 15) is 13.2 Å². The van der Waals surface area contributed by atoms with Crippen LogP contribution in [-0.2, 0) is 14.8 Å². The largest absolute Gasteiger partial charge is 0.497 e. The molecule has 6 nitrogen and oxygen atoms in total. The van der Waals surface area contributed by atoms with Crippen LogP contribution in [0.1, 0.15) is 38.2 Å². The van der Waals surface area contributed by atoms with Crippen LogP contribution in [0.2, 0.25) is 0 Å². The Bertz CT molecular complexity index is 877. The van der Waals surface area contributed by atoms with E-state index in [2.05, 4.69) is 17.0 Å². The van der Waals surface area contributed by atoms with E-state index < -0.39 is 10.0 Å². The van der Waals surface area contributed by atoms with Crippen LogP contribution in [-0.4, -0.2) is 21.4 Å². The van der Waals surface area contributed by atoms with Gasteiger partial charge in [-0.05, 0) is 55.3 Å². The van der Waals surface area contributed by atoms with Gasteiger partial charge in [-0.2, -0.15) is 0 Å². The fourth-order valence-electron chi connectivity index (χ4n) is 2.60. The number of carbonyl (C=O) groups is 1. The molecule has 0 atom stereocenters. The van der Waals surface area contributed by atoms with E-state index in [1.165, 1.54) is 6.07 Å². The normalized spacial score (nSPS) is 11.1. The van der Waals surface area contributed by atoms with Crippen molar-refractivity contribution in [3.05, 3.63) is 48.0 Å². The summed E-state index contributed by atoms with van der Waals surface area (Å²) < 4.78 is 33.2. The Labute approximate surface area is 161 Å². The summed E-state index contributed by atoms with van der Waals surface area (Å²) in [6, 6.07) is 11.5. The summed E-state index contributed by atoms with van der Waals surface area (Å²) in [7, 11) is -2.24. The maximum absolute atomic E-state index is 12.8. The van der Waals surface area contributed by atoms with Crippen molar-refractivity contribution in [1.82, 2.24) is 0 Å². The molecular weight excluding hydrogens is 364 g/mol. The van der Waals surface area contributed by atoms with Crippen LogP contribution < -0.4 is 14.8 Å². The summed E-state index contributed by atoms with van der Waals surface area (Å²) in [5.41, 5.74) is 1.50. The summed E-state index contributed by atoms with van der Waals surface area (Å²) in [5.74, 6) is 0.528. The van der Waals surface area contributed by atoms with Crippen molar-refractivity contribution in [2.75, 3.05) is 17.1 Å². The van der Waals surface area contributed by atoms with E-state index in [-0.39, 0.29) is 10.8 Å². The van der Waals surface area contributed by atoms with Gasteiger partial charge in [-0.25, -0.2) is 8.42 Å². The van der Waals surface area contributed by atoms with Gasteiger partial charge >= 0.3 is 0 Å². The number of nitrogens with one attached hydrogen (secondary N) is 2. The molecule has 2 N–H and O–H groups in total. The average molecular weight is 391 g/mol. The molecule has 2 aromatic rings. The second-order valence-corrected chi connectivity index (χ2v) is 7.97. The number of aryl methyl sites for hydroxylation is 1. The number of methoxy groups -OCH3 is 1. The number of rotatable bonds is 9. The van der Waals surface area contributed by atoms with E-state index in [0.29, 0.717) is 29.1 Å². The number of unbranched alkanes of at least 4 members (excludes halogenated alkanes) is 2. The molecule has 0 aromatic heterocycles. The molecule has 0 heterocycles. The zero-order valence-electron chi connectivity index (χ0n) is 15.9. The predicted octanol–water partition coefficient (Wildman–Crippen LogP) is 4.32. The third-order valence-electron chi connectivity index (χ3n) is 4.11. The summed E-state index contributed by atoms with van der Waals surface area (Å²) in [5, 5.41) is 2.77. The molecule has 0 spiro atoms. The van der Waals surface area contributed by atoms with Crippen molar-refractivity contribution in [2.45, 2.75) is 44.4 Å². The Kier molecular flexibility index (Phi) is 7.24. The van der Waals surface area contributed by atoms with Crippen molar-refractivity contribution < 1.29 is 17.9 Å². The highest BCUT2D eigenvalue weighted by molar-refractivity contribution is 7.92. The van der Waals surface area contributed by atoms with Crippen molar-refractivity contribution in [2.24, 2.45) is 0 Å². The van der Waals surface area contributed by atoms with E-state index >= 15 is 0 Å². The van der Waals surface area contributed by atoms with Crippen molar-refractivity contribution in [1.29, 1.82) is 0 Å². The molecule has 0 saturated heterocycles. The number of hydrogen-bond donors (Lipinski definition) is 2.